The molecule has 0 spiro atoms. The fraction of sp³-hybridized carbons (Fsp3) is 0.118. The van der Waals surface area contributed by atoms with E-state index < -0.39 is 5.25 Å². The van der Waals surface area contributed by atoms with Gasteiger partial charge in [0, 0.05) is 16.8 Å². The molecular formula is C17H11Cl2N3O2S. The predicted molar refractivity (Wildman–Crippen MR) is 99.1 cm³/mol. The van der Waals surface area contributed by atoms with Crippen LogP contribution in [0, 0.1) is 11.3 Å². The molecule has 1 amide bonds. The molecule has 1 atom stereocenters. The summed E-state index contributed by atoms with van der Waals surface area (Å²) < 4.78 is 5.60. The first-order valence-electron chi connectivity index (χ1n) is 7.19. The third-order valence-corrected chi connectivity index (χ3v) is 4.83. The third kappa shape index (κ3) is 4.07. The molecule has 1 aromatic heterocycles. The minimum Gasteiger partial charge on any atom is -0.431 e. The van der Waals surface area contributed by atoms with Crippen LogP contribution in [0.5, 0.6) is 0 Å². The van der Waals surface area contributed by atoms with Crippen molar-refractivity contribution in [2.75, 3.05) is 5.32 Å². The van der Waals surface area contributed by atoms with Crippen molar-refractivity contribution in [2.24, 2.45) is 0 Å². The zero-order valence-corrected chi connectivity index (χ0v) is 15.2. The number of carbonyl (C=O) groups excluding carboxylic acids is 1. The molecule has 0 saturated carbocycles. The molecule has 0 saturated heterocycles. The van der Waals surface area contributed by atoms with Crippen molar-refractivity contribution in [3.8, 4) is 6.07 Å². The molecule has 3 aromatic rings. The normalized spacial score (nSPS) is 11.9. The number of oxazole rings is 1. The molecule has 1 N–H and O–H groups in total. The topological polar surface area (TPSA) is 78.9 Å². The first-order valence-corrected chi connectivity index (χ1v) is 8.83. The summed E-state index contributed by atoms with van der Waals surface area (Å²) in [5, 5.41) is 12.4. The summed E-state index contributed by atoms with van der Waals surface area (Å²) >= 11 is 13.1. The molecule has 0 fully saturated rings. The van der Waals surface area contributed by atoms with E-state index in [9.17, 15) is 4.79 Å². The summed E-state index contributed by atoms with van der Waals surface area (Å²) in [7, 11) is 0. The second-order valence-electron chi connectivity index (χ2n) is 5.15. The van der Waals surface area contributed by atoms with Gasteiger partial charge in [-0.3, -0.25) is 4.79 Å². The fourth-order valence-corrected chi connectivity index (χ4v) is 3.20. The first-order chi connectivity index (χ1) is 12.0. The van der Waals surface area contributed by atoms with Crippen LogP contribution in [0.1, 0.15) is 12.5 Å². The van der Waals surface area contributed by atoms with Crippen molar-refractivity contribution < 1.29 is 9.21 Å². The Balaban J connectivity index is 1.69. The Labute approximate surface area is 157 Å². The van der Waals surface area contributed by atoms with Crippen LogP contribution < -0.4 is 5.32 Å². The van der Waals surface area contributed by atoms with Gasteiger partial charge in [-0.2, -0.15) is 5.26 Å². The molecule has 25 heavy (non-hydrogen) atoms. The molecule has 5 nitrogen and oxygen atoms in total. The highest BCUT2D eigenvalue weighted by Crippen LogP contribution is 2.29. The summed E-state index contributed by atoms with van der Waals surface area (Å²) in [6, 6.07) is 11.9. The monoisotopic (exact) mass is 391 g/mol. The Morgan fingerprint density at radius 2 is 2.12 bits per heavy atom. The van der Waals surface area contributed by atoms with Crippen molar-refractivity contribution in [3.05, 3.63) is 52.0 Å². The Morgan fingerprint density at radius 1 is 1.32 bits per heavy atom. The number of anilines is 1. The SMILES string of the molecule is C[C@@H](Sc1nc2ccc(Cl)cc2o1)C(=O)Nc1ccc(C#N)c(Cl)c1. The van der Waals surface area contributed by atoms with Gasteiger partial charge < -0.3 is 9.73 Å². The van der Waals surface area contributed by atoms with E-state index in [0.717, 1.165) is 0 Å². The van der Waals surface area contributed by atoms with E-state index in [1.165, 1.54) is 17.8 Å². The predicted octanol–water partition coefficient (Wildman–Crippen LogP) is 5.13. The molecule has 0 aliphatic heterocycles. The lowest BCUT2D eigenvalue weighted by Crippen LogP contribution is -2.22. The van der Waals surface area contributed by atoms with Gasteiger partial charge in [-0.1, -0.05) is 35.0 Å². The second kappa shape index (κ2) is 7.36. The average Bonchev–Trinajstić information content (AvgIpc) is 2.96. The number of fused-ring (bicyclic) bond motifs is 1. The fourth-order valence-electron chi connectivity index (χ4n) is 2.06. The van der Waals surface area contributed by atoms with Crippen LogP contribution in [-0.4, -0.2) is 16.1 Å². The van der Waals surface area contributed by atoms with E-state index in [-0.39, 0.29) is 10.9 Å². The molecule has 0 radical (unpaired) electrons. The largest absolute Gasteiger partial charge is 0.431 e. The van der Waals surface area contributed by atoms with E-state index in [0.29, 0.717) is 32.6 Å². The number of thioether (sulfide) groups is 1. The van der Waals surface area contributed by atoms with Gasteiger partial charge >= 0.3 is 0 Å². The van der Waals surface area contributed by atoms with Gasteiger partial charge in [0.2, 0.25) is 5.91 Å². The number of amides is 1. The highest BCUT2D eigenvalue weighted by Gasteiger charge is 2.18. The number of nitrogens with zero attached hydrogens (tertiary/aromatic N) is 2. The molecule has 8 heteroatoms. The number of rotatable bonds is 4. The Kier molecular flexibility index (Phi) is 5.19. The molecule has 3 rings (SSSR count). The zero-order valence-electron chi connectivity index (χ0n) is 12.9. The number of hydrogen-bond donors (Lipinski definition) is 1. The minimum absolute atomic E-state index is 0.230. The number of aromatic nitrogens is 1. The van der Waals surface area contributed by atoms with Crippen molar-refractivity contribution in [2.45, 2.75) is 17.4 Å². The van der Waals surface area contributed by atoms with Gasteiger partial charge in [0.15, 0.2) is 5.58 Å². The summed E-state index contributed by atoms with van der Waals surface area (Å²) in [6.07, 6.45) is 0. The van der Waals surface area contributed by atoms with Gasteiger partial charge in [-0.25, -0.2) is 4.98 Å². The molecule has 126 valence electrons. The molecule has 0 aliphatic rings. The number of halogens is 2. The maximum Gasteiger partial charge on any atom is 0.257 e. The smallest absolute Gasteiger partial charge is 0.257 e. The number of hydrogen-bond acceptors (Lipinski definition) is 5. The zero-order chi connectivity index (χ0) is 18.0. The van der Waals surface area contributed by atoms with Crippen LogP contribution in [-0.2, 0) is 4.79 Å². The molecule has 0 bridgehead atoms. The molecular weight excluding hydrogens is 381 g/mol. The van der Waals surface area contributed by atoms with Crippen molar-refractivity contribution in [3.63, 3.8) is 0 Å². The summed E-state index contributed by atoms with van der Waals surface area (Å²) in [5.74, 6) is -0.230. The summed E-state index contributed by atoms with van der Waals surface area (Å²) in [5.41, 5.74) is 2.12. The highest BCUT2D eigenvalue weighted by molar-refractivity contribution is 8.00. The van der Waals surface area contributed by atoms with Gasteiger partial charge in [0.25, 0.3) is 5.22 Å². The van der Waals surface area contributed by atoms with Crippen LogP contribution >= 0.6 is 35.0 Å². The summed E-state index contributed by atoms with van der Waals surface area (Å²) in [4.78, 5) is 16.6. The Bertz CT molecular complexity index is 997. The average molecular weight is 392 g/mol. The molecule has 0 unspecified atom stereocenters. The first kappa shape index (κ1) is 17.6. The van der Waals surface area contributed by atoms with E-state index >= 15 is 0 Å². The Hall–Kier alpha value is -2.20. The van der Waals surface area contributed by atoms with E-state index in [4.69, 9.17) is 32.9 Å². The number of carbonyl (C=O) groups is 1. The molecule has 2 aromatic carbocycles. The Morgan fingerprint density at radius 3 is 2.84 bits per heavy atom. The quantitative estimate of drug-likeness (QED) is 0.623. The standard InChI is InChI=1S/C17H11Cl2N3O2S/c1-9(16(23)21-12-4-2-10(8-20)13(19)7-12)25-17-22-14-5-3-11(18)6-15(14)24-17/h2-7,9H,1H3,(H,21,23)/t9-/m1/s1. The third-order valence-electron chi connectivity index (χ3n) is 3.33. The van der Waals surface area contributed by atoms with Gasteiger partial charge in [0.1, 0.15) is 11.6 Å². The van der Waals surface area contributed by atoms with Crippen LogP contribution in [0.2, 0.25) is 10.0 Å². The van der Waals surface area contributed by atoms with Crippen LogP contribution in [0.25, 0.3) is 11.1 Å². The van der Waals surface area contributed by atoms with Gasteiger partial charge in [-0.15, -0.1) is 0 Å². The van der Waals surface area contributed by atoms with Crippen LogP contribution in [0.3, 0.4) is 0 Å². The maximum absolute atomic E-state index is 12.3. The van der Waals surface area contributed by atoms with E-state index in [1.807, 2.05) is 6.07 Å². The van der Waals surface area contributed by atoms with E-state index in [1.54, 1.807) is 37.3 Å². The number of nitriles is 1. The second-order valence-corrected chi connectivity index (χ2v) is 7.28. The lowest BCUT2D eigenvalue weighted by atomic mass is 10.2. The van der Waals surface area contributed by atoms with Crippen molar-refractivity contribution in [1.29, 1.82) is 5.26 Å². The minimum atomic E-state index is -0.446. The van der Waals surface area contributed by atoms with Crippen molar-refractivity contribution >= 4 is 57.7 Å². The van der Waals surface area contributed by atoms with Crippen molar-refractivity contribution in [1.82, 2.24) is 4.98 Å². The number of benzene rings is 2. The van der Waals surface area contributed by atoms with Crippen LogP contribution in [0.4, 0.5) is 5.69 Å². The molecule has 0 aliphatic carbocycles. The lowest BCUT2D eigenvalue weighted by Gasteiger charge is -2.10. The van der Waals surface area contributed by atoms with Crippen LogP contribution in [0.15, 0.2) is 46.0 Å². The maximum atomic E-state index is 12.3. The van der Waals surface area contributed by atoms with Gasteiger partial charge in [0.05, 0.1) is 15.8 Å². The highest BCUT2D eigenvalue weighted by atomic mass is 35.5. The number of nitrogens with one attached hydrogen (secondary N) is 1. The molecule has 1 heterocycles. The summed E-state index contributed by atoms with van der Waals surface area (Å²) in [6.45, 7) is 1.74. The van der Waals surface area contributed by atoms with Gasteiger partial charge in [-0.05, 0) is 37.3 Å². The lowest BCUT2D eigenvalue weighted by molar-refractivity contribution is -0.115. The van der Waals surface area contributed by atoms with E-state index in [2.05, 4.69) is 10.3 Å².